The Labute approximate surface area is 148 Å². The SMILES string of the molecule is Cc1cc(=O)n(Cc2cccc(C(=O)OCl)c2)nc1-c1cccnc1. The second kappa shape index (κ2) is 7.27. The predicted octanol–water partition coefficient (Wildman–Crippen LogP) is 2.97. The monoisotopic (exact) mass is 355 g/mol. The fourth-order valence-electron chi connectivity index (χ4n) is 2.49. The Morgan fingerprint density at radius 3 is 2.80 bits per heavy atom. The van der Waals surface area contributed by atoms with Crippen LogP contribution in [-0.2, 0) is 10.8 Å². The molecule has 0 spiro atoms. The van der Waals surface area contributed by atoms with E-state index in [1.165, 1.54) is 10.7 Å². The van der Waals surface area contributed by atoms with Crippen LogP contribution in [-0.4, -0.2) is 20.7 Å². The van der Waals surface area contributed by atoms with Gasteiger partial charge in [-0.3, -0.25) is 9.78 Å². The van der Waals surface area contributed by atoms with Gasteiger partial charge in [0.2, 0.25) is 0 Å². The zero-order chi connectivity index (χ0) is 17.8. The maximum Gasteiger partial charge on any atom is 0.356 e. The highest BCUT2D eigenvalue weighted by Gasteiger charge is 2.11. The number of carbonyl (C=O) groups excluding carboxylic acids is 1. The van der Waals surface area contributed by atoms with E-state index in [1.54, 1.807) is 36.7 Å². The number of hydrogen-bond acceptors (Lipinski definition) is 5. The lowest BCUT2D eigenvalue weighted by molar-refractivity contribution is 0.0751. The van der Waals surface area contributed by atoms with Crippen LogP contribution in [0.5, 0.6) is 0 Å². The maximum atomic E-state index is 12.3. The van der Waals surface area contributed by atoms with Crippen LogP contribution in [0.4, 0.5) is 0 Å². The smallest absolute Gasteiger partial charge is 0.343 e. The van der Waals surface area contributed by atoms with E-state index in [9.17, 15) is 9.59 Å². The summed E-state index contributed by atoms with van der Waals surface area (Å²) in [6.07, 6.45) is 3.37. The molecule has 0 aliphatic heterocycles. The van der Waals surface area contributed by atoms with Crippen molar-refractivity contribution in [3.05, 3.63) is 81.9 Å². The molecule has 0 N–H and O–H groups in total. The number of pyridine rings is 1. The summed E-state index contributed by atoms with van der Waals surface area (Å²) in [5.41, 5.74) is 3.09. The van der Waals surface area contributed by atoms with Gasteiger partial charge in [0.05, 0.1) is 17.8 Å². The lowest BCUT2D eigenvalue weighted by Gasteiger charge is -2.10. The molecule has 7 heteroatoms. The Balaban J connectivity index is 1.98. The van der Waals surface area contributed by atoms with Gasteiger partial charge < -0.3 is 4.29 Å². The summed E-state index contributed by atoms with van der Waals surface area (Å²) in [6.45, 7) is 2.05. The highest BCUT2D eigenvalue weighted by atomic mass is 35.5. The van der Waals surface area contributed by atoms with Gasteiger partial charge in [0, 0.05) is 24.0 Å². The Morgan fingerprint density at radius 2 is 2.08 bits per heavy atom. The molecule has 1 aromatic carbocycles. The third kappa shape index (κ3) is 3.75. The molecule has 6 nitrogen and oxygen atoms in total. The van der Waals surface area contributed by atoms with E-state index in [2.05, 4.69) is 14.4 Å². The quantitative estimate of drug-likeness (QED) is 0.719. The van der Waals surface area contributed by atoms with Crippen molar-refractivity contribution in [2.75, 3.05) is 0 Å². The molecular formula is C18H14ClN3O3. The molecule has 126 valence electrons. The zero-order valence-corrected chi connectivity index (χ0v) is 14.1. The van der Waals surface area contributed by atoms with Gasteiger partial charge in [-0.2, -0.15) is 5.10 Å². The number of carbonyl (C=O) groups is 1. The number of halogens is 1. The average Bonchev–Trinajstić information content (AvgIpc) is 2.64. The standard InChI is InChI=1S/C18H14ClN3O3/c1-12-8-16(23)22(21-17(12)15-6-3-7-20-10-15)11-13-4-2-5-14(9-13)18(24)25-19/h2-10H,11H2,1H3. The first-order valence-corrected chi connectivity index (χ1v) is 7.80. The molecule has 3 rings (SSSR count). The number of nitrogens with zero attached hydrogens (tertiary/aromatic N) is 3. The van der Waals surface area contributed by atoms with Gasteiger partial charge in [-0.15, -0.1) is 0 Å². The van der Waals surface area contributed by atoms with Gasteiger partial charge in [-0.1, -0.05) is 12.1 Å². The van der Waals surface area contributed by atoms with E-state index in [-0.39, 0.29) is 12.1 Å². The first-order valence-electron chi connectivity index (χ1n) is 7.49. The number of benzene rings is 1. The van der Waals surface area contributed by atoms with Crippen molar-refractivity contribution >= 4 is 17.8 Å². The Kier molecular flexibility index (Phi) is 4.90. The molecule has 0 fully saturated rings. The van der Waals surface area contributed by atoms with Crippen LogP contribution in [0, 0.1) is 6.92 Å². The topological polar surface area (TPSA) is 74.1 Å². The molecule has 0 amide bonds. The van der Waals surface area contributed by atoms with Crippen LogP contribution in [0.25, 0.3) is 11.3 Å². The fraction of sp³-hybridized carbons (Fsp3) is 0.111. The molecular weight excluding hydrogens is 342 g/mol. The maximum absolute atomic E-state index is 12.3. The third-order valence-electron chi connectivity index (χ3n) is 3.69. The van der Waals surface area contributed by atoms with Gasteiger partial charge in [0.15, 0.2) is 0 Å². The zero-order valence-electron chi connectivity index (χ0n) is 13.3. The normalized spacial score (nSPS) is 10.5. The van der Waals surface area contributed by atoms with E-state index in [0.717, 1.165) is 16.7 Å². The molecule has 0 aliphatic rings. The third-order valence-corrected chi connectivity index (χ3v) is 3.83. The lowest BCUT2D eigenvalue weighted by Crippen LogP contribution is -2.24. The molecule has 0 aliphatic carbocycles. The summed E-state index contributed by atoms with van der Waals surface area (Å²) >= 11 is 5.11. The summed E-state index contributed by atoms with van der Waals surface area (Å²) < 4.78 is 5.55. The molecule has 2 heterocycles. The van der Waals surface area contributed by atoms with E-state index >= 15 is 0 Å². The number of rotatable bonds is 4. The lowest BCUT2D eigenvalue weighted by atomic mass is 10.1. The van der Waals surface area contributed by atoms with E-state index in [0.29, 0.717) is 11.3 Å². The van der Waals surface area contributed by atoms with Crippen LogP contribution < -0.4 is 5.56 Å². The fourth-order valence-corrected chi connectivity index (χ4v) is 2.58. The molecule has 0 atom stereocenters. The van der Waals surface area contributed by atoms with Crippen molar-refractivity contribution in [2.24, 2.45) is 0 Å². The minimum absolute atomic E-state index is 0.218. The largest absolute Gasteiger partial charge is 0.356 e. The number of hydrogen-bond donors (Lipinski definition) is 0. The molecule has 0 bridgehead atoms. The van der Waals surface area contributed by atoms with Crippen molar-refractivity contribution in [2.45, 2.75) is 13.5 Å². The summed E-state index contributed by atoms with van der Waals surface area (Å²) in [7, 11) is 0. The Hall–Kier alpha value is -2.99. The molecule has 25 heavy (non-hydrogen) atoms. The first kappa shape index (κ1) is 16.9. The molecule has 0 radical (unpaired) electrons. The van der Waals surface area contributed by atoms with E-state index in [1.807, 2.05) is 19.1 Å². The van der Waals surface area contributed by atoms with E-state index < -0.39 is 5.97 Å². The number of aromatic nitrogens is 3. The highest BCUT2D eigenvalue weighted by molar-refractivity contribution is 6.15. The van der Waals surface area contributed by atoms with Gasteiger partial charge in [0.25, 0.3) is 5.56 Å². The summed E-state index contributed by atoms with van der Waals surface area (Å²) in [5.74, 6) is -0.649. The van der Waals surface area contributed by atoms with Crippen molar-refractivity contribution < 1.29 is 9.08 Å². The minimum Gasteiger partial charge on any atom is -0.343 e. The van der Waals surface area contributed by atoms with Crippen molar-refractivity contribution in [3.63, 3.8) is 0 Å². The van der Waals surface area contributed by atoms with Crippen molar-refractivity contribution in [1.82, 2.24) is 14.8 Å². The highest BCUT2D eigenvalue weighted by Crippen LogP contribution is 2.18. The number of aryl methyl sites for hydroxylation is 1. The van der Waals surface area contributed by atoms with Crippen LogP contribution in [0.1, 0.15) is 21.5 Å². The average molecular weight is 356 g/mol. The van der Waals surface area contributed by atoms with Crippen molar-refractivity contribution in [3.8, 4) is 11.3 Å². The Bertz CT molecular complexity index is 971. The molecule has 0 saturated carbocycles. The Morgan fingerprint density at radius 1 is 1.24 bits per heavy atom. The van der Waals surface area contributed by atoms with Crippen LogP contribution in [0.2, 0.25) is 0 Å². The molecule has 0 saturated heterocycles. The second-order valence-electron chi connectivity index (χ2n) is 5.48. The predicted molar refractivity (Wildman–Crippen MR) is 93.3 cm³/mol. The van der Waals surface area contributed by atoms with Crippen LogP contribution in [0.15, 0.2) is 59.7 Å². The van der Waals surface area contributed by atoms with Gasteiger partial charge in [-0.25, -0.2) is 9.48 Å². The van der Waals surface area contributed by atoms with Crippen molar-refractivity contribution in [1.29, 1.82) is 0 Å². The first-order chi connectivity index (χ1) is 12.1. The summed E-state index contributed by atoms with van der Waals surface area (Å²) in [4.78, 5) is 27.9. The molecule has 2 aromatic heterocycles. The summed E-state index contributed by atoms with van der Waals surface area (Å²) in [6, 6.07) is 11.9. The van der Waals surface area contributed by atoms with Gasteiger partial charge in [-0.05, 0) is 42.3 Å². The van der Waals surface area contributed by atoms with Gasteiger partial charge >= 0.3 is 5.97 Å². The second-order valence-corrected chi connectivity index (χ2v) is 5.63. The molecule has 0 unspecified atom stereocenters. The molecule has 3 aromatic rings. The van der Waals surface area contributed by atoms with E-state index in [4.69, 9.17) is 11.9 Å². The van der Waals surface area contributed by atoms with Crippen LogP contribution in [0.3, 0.4) is 0 Å². The summed E-state index contributed by atoms with van der Waals surface area (Å²) in [5, 5.41) is 4.45. The van der Waals surface area contributed by atoms with Gasteiger partial charge in [0.1, 0.15) is 11.9 Å². The minimum atomic E-state index is -0.649. The van der Waals surface area contributed by atoms with Crippen LogP contribution >= 0.6 is 11.9 Å².